The lowest BCUT2D eigenvalue weighted by Gasteiger charge is -2.14. The summed E-state index contributed by atoms with van der Waals surface area (Å²) in [5.74, 6) is 1.32. The molecule has 0 aromatic heterocycles. The van der Waals surface area contributed by atoms with Crippen LogP contribution in [0.5, 0.6) is 11.5 Å². The van der Waals surface area contributed by atoms with Crippen molar-refractivity contribution in [2.75, 3.05) is 18.5 Å². The molecule has 3 nitrogen and oxygen atoms in total. The van der Waals surface area contributed by atoms with E-state index in [1.54, 1.807) is 12.1 Å². The van der Waals surface area contributed by atoms with Crippen LogP contribution in [0.15, 0.2) is 78.9 Å². The topological polar surface area (TPSA) is 30.5 Å². The number of hydrogen-bond donors (Lipinski definition) is 1. The van der Waals surface area contributed by atoms with Gasteiger partial charge in [0.1, 0.15) is 30.5 Å². The van der Waals surface area contributed by atoms with E-state index in [1.165, 1.54) is 6.07 Å². The lowest BCUT2D eigenvalue weighted by Crippen LogP contribution is -2.10. The fourth-order valence-corrected chi connectivity index (χ4v) is 2.40. The Morgan fingerprint density at radius 3 is 2.24 bits per heavy atom. The fraction of sp³-hybridized carbons (Fsp3) is 0.143. The summed E-state index contributed by atoms with van der Waals surface area (Å²) in [6.45, 7) is 1.27. The number of halogens is 1. The highest BCUT2D eigenvalue weighted by atomic mass is 19.1. The Kier molecular flexibility index (Phi) is 5.88. The van der Waals surface area contributed by atoms with E-state index in [-0.39, 0.29) is 5.82 Å². The number of ether oxygens (including phenoxy) is 2. The molecule has 0 aliphatic carbocycles. The van der Waals surface area contributed by atoms with E-state index in [2.05, 4.69) is 5.32 Å². The van der Waals surface area contributed by atoms with Crippen molar-refractivity contribution in [2.24, 2.45) is 0 Å². The number of hydrogen-bond acceptors (Lipinski definition) is 3. The molecule has 0 bridgehead atoms. The molecule has 3 aromatic rings. The summed E-state index contributed by atoms with van der Waals surface area (Å²) in [4.78, 5) is 0. The molecular formula is C21H20FNO2. The Morgan fingerprint density at radius 2 is 1.40 bits per heavy atom. The first-order chi connectivity index (χ1) is 12.3. The fourth-order valence-electron chi connectivity index (χ4n) is 2.40. The molecule has 25 heavy (non-hydrogen) atoms. The van der Waals surface area contributed by atoms with E-state index in [4.69, 9.17) is 9.47 Å². The van der Waals surface area contributed by atoms with Crippen molar-refractivity contribution in [1.82, 2.24) is 0 Å². The third-order valence-electron chi connectivity index (χ3n) is 3.67. The molecule has 0 spiro atoms. The summed E-state index contributed by atoms with van der Waals surface area (Å²) < 4.78 is 25.1. The Balaban J connectivity index is 1.53. The van der Waals surface area contributed by atoms with Gasteiger partial charge in [0, 0.05) is 12.1 Å². The van der Waals surface area contributed by atoms with Gasteiger partial charge in [-0.3, -0.25) is 0 Å². The van der Waals surface area contributed by atoms with Gasteiger partial charge in [0.05, 0.1) is 5.69 Å². The predicted octanol–water partition coefficient (Wildman–Crippen LogP) is 4.90. The van der Waals surface area contributed by atoms with Crippen molar-refractivity contribution >= 4 is 5.69 Å². The predicted molar refractivity (Wildman–Crippen MR) is 97.6 cm³/mol. The molecule has 0 heterocycles. The van der Waals surface area contributed by atoms with E-state index in [0.29, 0.717) is 25.3 Å². The van der Waals surface area contributed by atoms with Gasteiger partial charge in [-0.1, -0.05) is 48.5 Å². The first kappa shape index (κ1) is 16.8. The first-order valence-electron chi connectivity index (χ1n) is 8.20. The highest BCUT2D eigenvalue weighted by molar-refractivity contribution is 5.56. The second-order valence-corrected chi connectivity index (χ2v) is 5.45. The maximum atomic E-state index is 13.7. The van der Waals surface area contributed by atoms with Crippen molar-refractivity contribution in [3.05, 3.63) is 90.2 Å². The van der Waals surface area contributed by atoms with Crippen LogP contribution >= 0.6 is 0 Å². The lowest BCUT2D eigenvalue weighted by atomic mass is 10.2. The van der Waals surface area contributed by atoms with Gasteiger partial charge in [-0.05, 0) is 30.3 Å². The second kappa shape index (κ2) is 8.73. The van der Waals surface area contributed by atoms with Crippen LogP contribution in [0.25, 0.3) is 0 Å². The van der Waals surface area contributed by atoms with Crippen LogP contribution in [-0.4, -0.2) is 13.2 Å². The third kappa shape index (κ3) is 4.98. The normalized spacial score (nSPS) is 10.3. The van der Waals surface area contributed by atoms with Gasteiger partial charge in [0.2, 0.25) is 0 Å². The maximum Gasteiger partial charge on any atom is 0.142 e. The van der Waals surface area contributed by atoms with E-state index in [1.807, 2.05) is 60.7 Å². The molecule has 3 aromatic carbocycles. The summed E-state index contributed by atoms with van der Waals surface area (Å²) in [6, 6.07) is 24.0. The molecule has 0 atom stereocenters. The Bertz CT molecular complexity index is 793. The maximum absolute atomic E-state index is 13.7. The largest absolute Gasteiger partial charge is 0.490 e. The minimum atomic E-state index is -0.218. The molecule has 0 unspecified atom stereocenters. The van der Waals surface area contributed by atoms with Crippen LogP contribution in [0.2, 0.25) is 0 Å². The number of anilines is 1. The van der Waals surface area contributed by atoms with Gasteiger partial charge < -0.3 is 14.8 Å². The average molecular weight is 337 g/mol. The van der Waals surface area contributed by atoms with Crippen LogP contribution in [-0.2, 0) is 6.54 Å². The molecule has 1 N–H and O–H groups in total. The Labute approximate surface area is 147 Å². The highest BCUT2D eigenvalue weighted by Crippen LogP contribution is 2.24. The molecule has 0 saturated heterocycles. The Hall–Kier alpha value is -3.01. The molecule has 128 valence electrons. The minimum Gasteiger partial charge on any atom is -0.490 e. The zero-order chi connectivity index (χ0) is 17.3. The van der Waals surface area contributed by atoms with Gasteiger partial charge in [-0.2, -0.15) is 0 Å². The molecule has 4 heteroatoms. The SMILES string of the molecule is Fc1ccccc1CNc1ccccc1OCCOc1ccccc1. The summed E-state index contributed by atoms with van der Waals surface area (Å²) in [6.07, 6.45) is 0. The van der Waals surface area contributed by atoms with Crippen LogP contribution in [0.4, 0.5) is 10.1 Å². The van der Waals surface area contributed by atoms with Crippen LogP contribution in [0.3, 0.4) is 0 Å². The average Bonchev–Trinajstić information content (AvgIpc) is 2.66. The third-order valence-corrected chi connectivity index (χ3v) is 3.67. The smallest absolute Gasteiger partial charge is 0.142 e. The lowest BCUT2D eigenvalue weighted by molar-refractivity contribution is 0.218. The Morgan fingerprint density at radius 1 is 0.720 bits per heavy atom. The van der Waals surface area contributed by atoms with Crippen LogP contribution in [0.1, 0.15) is 5.56 Å². The zero-order valence-electron chi connectivity index (χ0n) is 13.8. The summed E-state index contributed by atoms with van der Waals surface area (Å²) in [7, 11) is 0. The highest BCUT2D eigenvalue weighted by Gasteiger charge is 2.05. The van der Waals surface area contributed by atoms with Crippen molar-refractivity contribution in [1.29, 1.82) is 0 Å². The number of nitrogens with one attached hydrogen (secondary N) is 1. The standard InChI is InChI=1S/C21H20FNO2/c22-19-11-5-4-8-17(19)16-23-20-12-6-7-13-21(20)25-15-14-24-18-9-2-1-3-10-18/h1-13,23H,14-16H2. The van der Waals surface area contributed by atoms with Gasteiger partial charge in [-0.15, -0.1) is 0 Å². The zero-order valence-corrected chi connectivity index (χ0v) is 13.8. The van der Waals surface area contributed by atoms with E-state index < -0.39 is 0 Å². The molecular weight excluding hydrogens is 317 g/mol. The first-order valence-corrected chi connectivity index (χ1v) is 8.20. The van der Waals surface area contributed by atoms with Crippen molar-refractivity contribution in [3.63, 3.8) is 0 Å². The summed E-state index contributed by atoms with van der Waals surface area (Å²) in [5.41, 5.74) is 1.44. The number of rotatable bonds is 8. The van der Waals surface area contributed by atoms with E-state index in [9.17, 15) is 4.39 Å². The molecule has 0 aliphatic rings. The van der Waals surface area contributed by atoms with Gasteiger partial charge in [-0.25, -0.2) is 4.39 Å². The molecule has 0 aliphatic heterocycles. The monoisotopic (exact) mass is 337 g/mol. The van der Waals surface area contributed by atoms with E-state index >= 15 is 0 Å². The molecule has 0 radical (unpaired) electrons. The minimum absolute atomic E-state index is 0.218. The van der Waals surface area contributed by atoms with Crippen LogP contribution in [0, 0.1) is 5.82 Å². The molecule has 0 saturated carbocycles. The van der Waals surface area contributed by atoms with E-state index in [0.717, 1.165) is 17.2 Å². The van der Waals surface area contributed by atoms with Crippen molar-refractivity contribution in [3.8, 4) is 11.5 Å². The van der Waals surface area contributed by atoms with Crippen molar-refractivity contribution < 1.29 is 13.9 Å². The molecule has 0 fully saturated rings. The summed E-state index contributed by atoms with van der Waals surface area (Å²) in [5, 5.41) is 3.22. The van der Waals surface area contributed by atoms with Gasteiger partial charge in [0.25, 0.3) is 0 Å². The quantitative estimate of drug-likeness (QED) is 0.593. The van der Waals surface area contributed by atoms with Gasteiger partial charge >= 0.3 is 0 Å². The van der Waals surface area contributed by atoms with Crippen molar-refractivity contribution in [2.45, 2.75) is 6.54 Å². The molecule has 3 rings (SSSR count). The second-order valence-electron chi connectivity index (χ2n) is 5.45. The summed E-state index contributed by atoms with van der Waals surface area (Å²) >= 11 is 0. The van der Waals surface area contributed by atoms with Gasteiger partial charge in [0.15, 0.2) is 0 Å². The molecule has 0 amide bonds. The number of benzene rings is 3. The number of para-hydroxylation sites is 3. The van der Waals surface area contributed by atoms with Crippen LogP contribution < -0.4 is 14.8 Å².